The van der Waals surface area contributed by atoms with Crippen LogP contribution >= 0.6 is 11.8 Å². The third-order valence-corrected chi connectivity index (χ3v) is 5.13. The lowest BCUT2D eigenvalue weighted by atomic mass is 9.88. The molecular weight excluding hydrogens is 254 g/mol. The minimum absolute atomic E-state index is 0.458. The smallest absolute Gasteiger partial charge is 0.123 e. The van der Waals surface area contributed by atoms with Crippen LogP contribution in [0.2, 0.25) is 0 Å². The Morgan fingerprint density at radius 1 is 1.42 bits per heavy atom. The molecule has 1 N–H and O–H groups in total. The zero-order valence-electron chi connectivity index (χ0n) is 12.5. The minimum Gasteiger partial charge on any atom is -0.496 e. The largest absolute Gasteiger partial charge is 0.496 e. The van der Waals surface area contributed by atoms with Crippen LogP contribution in [0.25, 0.3) is 0 Å². The van der Waals surface area contributed by atoms with Crippen molar-refractivity contribution in [1.82, 2.24) is 5.32 Å². The fourth-order valence-corrected chi connectivity index (χ4v) is 4.05. The maximum Gasteiger partial charge on any atom is 0.123 e. The molecule has 0 aliphatic carbocycles. The molecule has 0 aromatic heterocycles. The van der Waals surface area contributed by atoms with Crippen molar-refractivity contribution in [3.8, 4) is 5.75 Å². The quantitative estimate of drug-likeness (QED) is 0.902. The second kappa shape index (κ2) is 6.67. The van der Waals surface area contributed by atoms with Crippen LogP contribution in [-0.2, 0) is 5.75 Å². The van der Waals surface area contributed by atoms with Crippen molar-refractivity contribution in [3.05, 3.63) is 28.8 Å². The molecule has 19 heavy (non-hydrogen) atoms. The van der Waals surface area contributed by atoms with Gasteiger partial charge in [-0.2, -0.15) is 11.8 Å². The Labute approximate surface area is 121 Å². The van der Waals surface area contributed by atoms with Crippen LogP contribution in [0.4, 0.5) is 0 Å². The van der Waals surface area contributed by atoms with Crippen molar-refractivity contribution in [3.63, 3.8) is 0 Å². The molecule has 1 aromatic rings. The molecule has 0 saturated carbocycles. The van der Waals surface area contributed by atoms with Crippen molar-refractivity contribution in [2.75, 3.05) is 19.4 Å². The summed E-state index contributed by atoms with van der Waals surface area (Å²) >= 11 is 2.02. The molecule has 0 saturated heterocycles. The highest BCUT2D eigenvalue weighted by molar-refractivity contribution is 7.98. The van der Waals surface area contributed by atoms with Crippen LogP contribution in [-0.4, -0.2) is 19.4 Å². The number of methoxy groups -OCH3 is 1. The summed E-state index contributed by atoms with van der Waals surface area (Å²) in [5, 5.41) is 3.74. The first-order chi connectivity index (χ1) is 9.19. The molecule has 2 nitrogen and oxygen atoms in total. The Morgan fingerprint density at radius 3 is 2.89 bits per heavy atom. The molecular formula is C16H25NOS. The summed E-state index contributed by atoms with van der Waals surface area (Å²) in [4.78, 5) is 0. The van der Waals surface area contributed by atoms with Crippen molar-refractivity contribution in [1.29, 1.82) is 0 Å². The third kappa shape index (κ3) is 3.09. The van der Waals surface area contributed by atoms with Crippen LogP contribution in [0.1, 0.15) is 43.0 Å². The van der Waals surface area contributed by atoms with E-state index in [9.17, 15) is 0 Å². The Morgan fingerprint density at radius 2 is 2.21 bits per heavy atom. The highest BCUT2D eigenvalue weighted by Crippen LogP contribution is 2.40. The van der Waals surface area contributed by atoms with E-state index in [1.807, 2.05) is 11.8 Å². The molecule has 0 bridgehead atoms. The zero-order chi connectivity index (χ0) is 13.8. The second-order valence-electron chi connectivity index (χ2n) is 5.40. The average Bonchev–Trinajstić information content (AvgIpc) is 2.57. The fraction of sp³-hybridized carbons (Fsp3) is 0.625. The SMILES string of the molecule is CCCNC1c2c(C)ccc(OC)c2CSCC1C. The van der Waals surface area contributed by atoms with E-state index in [-0.39, 0.29) is 0 Å². The lowest BCUT2D eigenvalue weighted by Crippen LogP contribution is -2.29. The van der Waals surface area contributed by atoms with Crippen LogP contribution in [0, 0.1) is 12.8 Å². The molecule has 0 radical (unpaired) electrons. The minimum atomic E-state index is 0.458. The molecule has 0 spiro atoms. The van der Waals surface area contributed by atoms with Crippen molar-refractivity contribution in [2.45, 2.75) is 39.0 Å². The molecule has 2 unspecified atom stereocenters. The molecule has 1 heterocycles. The molecule has 3 heteroatoms. The van der Waals surface area contributed by atoms with Gasteiger partial charge >= 0.3 is 0 Å². The van der Waals surface area contributed by atoms with Gasteiger partial charge in [0.1, 0.15) is 5.75 Å². The number of ether oxygens (including phenoxy) is 1. The predicted octanol–water partition coefficient (Wildman–Crippen LogP) is 3.93. The topological polar surface area (TPSA) is 21.3 Å². The van der Waals surface area contributed by atoms with Gasteiger partial charge in [0, 0.05) is 17.4 Å². The number of nitrogens with one attached hydrogen (secondary N) is 1. The Bertz CT molecular complexity index is 433. The lowest BCUT2D eigenvalue weighted by Gasteiger charge is -2.27. The van der Waals surface area contributed by atoms with Crippen LogP contribution in [0.3, 0.4) is 0 Å². The Balaban J connectivity index is 2.45. The summed E-state index contributed by atoms with van der Waals surface area (Å²) in [5.41, 5.74) is 4.26. The number of benzene rings is 1. The van der Waals surface area contributed by atoms with Gasteiger partial charge in [-0.25, -0.2) is 0 Å². The van der Waals surface area contributed by atoms with Gasteiger partial charge in [-0.05, 0) is 48.8 Å². The van der Waals surface area contributed by atoms with E-state index in [1.54, 1.807) is 7.11 Å². The highest BCUT2D eigenvalue weighted by Gasteiger charge is 2.27. The summed E-state index contributed by atoms with van der Waals surface area (Å²) in [5.74, 6) is 3.97. The van der Waals surface area contributed by atoms with E-state index < -0.39 is 0 Å². The van der Waals surface area contributed by atoms with Gasteiger partial charge in [0.15, 0.2) is 0 Å². The summed E-state index contributed by atoms with van der Waals surface area (Å²) in [6.07, 6.45) is 1.18. The standard InChI is InChI=1S/C16H25NOS/c1-5-8-17-16-12(3)9-19-10-13-14(18-4)7-6-11(2)15(13)16/h6-7,12,16-17H,5,8-10H2,1-4H3. The van der Waals surface area contributed by atoms with Crippen LogP contribution in [0.5, 0.6) is 5.75 Å². The number of rotatable bonds is 4. The van der Waals surface area contributed by atoms with Crippen LogP contribution < -0.4 is 10.1 Å². The van der Waals surface area contributed by atoms with Gasteiger partial charge in [-0.1, -0.05) is 19.9 Å². The van der Waals surface area contributed by atoms with E-state index in [1.165, 1.54) is 28.9 Å². The monoisotopic (exact) mass is 279 g/mol. The summed E-state index contributed by atoms with van der Waals surface area (Å²) < 4.78 is 5.57. The maximum absolute atomic E-state index is 5.57. The molecule has 2 atom stereocenters. The van der Waals surface area contributed by atoms with Crippen LogP contribution in [0.15, 0.2) is 12.1 Å². The average molecular weight is 279 g/mol. The molecule has 1 aromatic carbocycles. The van der Waals surface area contributed by atoms with Gasteiger partial charge in [0.2, 0.25) is 0 Å². The molecule has 1 aliphatic rings. The molecule has 0 amide bonds. The number of aryl methyl sites for hydroxylation is 1. The third-order valence-electron chi connectivity index (χ3n) is 3.87. The first kappa shape index (κ1) is 14.7. The maximum atomic E-state index is 5.57. The summed E-state index contributed by atoms with van der Waals surface area (Å²) in [6.45, 7) is 7.88. The molecule has 106 valence electrons. The van der Waals surface area contributed by atoms with E-state index in [4.69, 9.17) is 4.74 Å². The van der Waals surface area contributed by atoms with Gasteiger partial charge in [0.05, 0.1) is 7.11 Å². The number of fused-ring (bicyclic) bond motifs is 1. The first-order valence-corrected chi connectivity index (χ1v) is 8.32. The molecule has 1 aliphatic heterocycles. The van der Waals surface area contributed by atoms with Crippen molar-refractivity contribution in [2.24, 2.45) is 5.92 Å². The Kier molecular flexibility index (Phi) is 5.17. The summed E-state index contributed by atoms with van der Waals surface area (Å²) in [6, 6.07) is 4.77. The van der Waals surface area contributed by atoms with E-state index in [0.717, 1.165) is 18.0 Å². The lowest BCUT2D eigenvalue weighted by molar-refractivity contribution is 0.398. The van der Waals surface area contributed by atoms with Gasteiger partial charge in [-0.15, -0.1) is 0 Å². The number of hydrogen-bond donors (Lipinski definition) is 1. The molecule has 0 fully saturated rings. The van der Waals surface area contributed by atoms with Gasteiger partial charge < -0.3 is 10.1 Å². The van der Waals surface area contributed by atoms with E-state index in [0.29, 0.717) is 12.0 Å². The zero-order valence-corrected chi connectivity index (χ0v) is 13.3. The second-order valence-corrected chi connectivity index (χ2v) is 6.43. The summed E-state index contributed by atoms with van der Waals surface area (Å²) in [7, 11) is 1.78. The number of hydrogen-bond acceptors (Lipinski definition) is 3. The normalized spacial score (nSPS) is 22.7. The van der Waals surface area contributed by atoms with Gasteiger partial charge in [-0.3, -0.25) is 0 Å². The van der Waals surface area contributed by atoms with Gasteiger partial charge in [0.25, 0.3) is 0 Å². The van der Waals surface area contributed by atoms with Crippen molar-refractivity contribution >= 4 is 11.8 Å². The number of thioether (sulfide) groups is 1. The van der Waals surface area contributed by atoms with E-state index in [2.05, 4.69) is 38.2 Å². The fourth-order valence-electron chi connectivity index (χ4n) is 2.87. The van der Waals surface area contributed by atoms with E-state index >= 15 is 0 Å². The molecule has 2 rings (SSSR count). The predicted molar refractivity (Wildman–Crippen MR) is 84.1 cm³/mol. The first-order valence-electron chi connectivity index (χ1n) is 7.16. The highest BCUT2D eigenvalue weighted by atomic mass is 32.2. The van der Waals surface area contributed by atoms with Crippen molar-refractivity contribution < 1.29 is 4.74 Å². The Hall–Kier alpha value is -0.670.